The second-order valence-corrected chi connectivity index (χ2v) is 12.1. The normalized spacial score (nSPS) is 13.5. The molecule has 7 nitrogen and oxygen atoms in total. The molecule has 0 spiro atoms. The number of sulfonamides is 1. The Morgan fingerprint density at radius 1 is 1.10 bits per heavy atom. The van der Waals surface area contributed by atoms with E-state index in [-0.39, 0.29) is 10.8 Å². The maximum absolute atomic E-state index is 11.5. The first-order valence-corrected chi connectivity index (χ1v) is 11.9. The van der Waals surface area contributed by atoms with E-state index in [1.807, 2.05) is 0 Å². The number of sulfone groups is 1. The molecule has 0 aliphatic carbocycles. The van der Waals surface area contributed by atoms with Gasteiger partial charge in [-0.25, -0.2) is 30.0 Å². The SMILES string of the molecule is CS(=O)(=O)CCS(=O)(=O)NCc1ccc(S(=O)(=O)Cl)s1. The molecule has 0 amide bonds. The van der Waals surface area contributed by atoms with E-state index in [9.17, 15) is 25.3 Å². The first-order chi connectivity index (χ1) is 8.89. The van der Waals surface area contributed by atoms with Crippen molar-refractivity contribution in [2.45, 2.75) is 10.8 Å². The van der Waals surface area contributed by atoms with Gasteiger partial charge in [0.2, 0.25) is 10.0 Å². The summed E-state index contributed by atoms with van der Waals surface area (Å²) in [5, 5.41) is 0. The van der Waals surface area contributed by atoms with Crippen LogP contribution in [0.4, 0.5) is 0 Å². The average Bonchev–Trinajstić information content (AvgIpc) is 2.71. The van der Waals surface area contributed by atoms with Crippen LogP contribution in [0.2, 0.25) is 0 Å². The average molecular weight is 382 g/mol. The topological polar surface area (TPSA) is 114 Å². The lowest BCUT2D eigenvalue weighted by molar-refractivity contribution is 0.579. The molecular weight excluding hydrogens is 370 g/mol. The van der Waals surface area contributed by atoms with E-state index in [1.54, 1.807) is 0 Å². The Hall–Kier alpha value is -0.200. The number of hydrogen-bond donors (Lipinski definition) is 1. The molecule has 1 heterocycles. The summed E-state index contributed by atoms with van der Waals surface area (Å²) in [5.41, 5.74) is 0. The highest BCUT2D eigenvalue weighted by Crippen LogP contribution is 2.24. The predicted molar refractivity (Wildman–Crippen MR) is 77.7 cm³/mol. The van der Waals surface area contributed by atoms with Crippen LogP contribution in [-0.4, -0.2) is 43.0 Å². The molecule has 0 unspecified atom stereocenters. The zero-order valence-electron chi connectivity index (χ0n) is 10.2. The van der Waals surface area contributed by atoms with Crippen LogP contribution in [0.15, 0.2) is 16.3 Å². The highest BCUT2D eigenvalue weighted by atomic mass is 35.7. The summed E-state index contributed by atoms with van der Waals surface area (Å²) in [6.45, 7) is -0.122. The van der Waals surface area contributed by atoms with Gasteiger partial charge in [0.05, 0.1) is 11.5 Å². The van der Waals surface area contributed by atoms with Crippen molar-refractivity contribution in [3.8, 4) is 0 Å². The number of hydrogen-bond acceptors (Lipinski definition) is 7. The second-order valence-electron chi connectivity index (χ2n) is 3.93. The first kappa shape index (κ1) is 17.9. The molecule has 0 bridgehead atoms. The third-order valence-corrected chi connectivity index (χ3v) is 7.77. The van der Waals surface area contributed by atoms with Crippen molar-refractivity contribution in [3.05, 3.63) is 17.0 Å². The molecule has 20 heavy (non-hydrogen) atoms. The summed E-state index contributed by atoms with van der Waals surface area (Å²) >= 11 is 0.839. The van der Waals surface area contributed by atoms with Crippen LogP contribution in [0.5, 0.6) is 0 Å². The Bertz CT molecular complexity index is 777. The molecule has 0 radical (unpaired) electrons. The Morgan fingerprint density at radius 2 is 1.70 bits per heavy atom. The van der Waals surface area contributed by atoms with Gasteiger partial charge in [-0.2, -0.15) is 0 Å². The number of nitrogens with one attached hydrogen (secondary N) is 1. The fourth-order valence-electron chi connectivity index (χ4n) is 1.10. The van der Waals surface area contributed by atoms with Crippen LogP contribution in [-0.2, 0) is 35.5 Å². The number of halogens is 1. The molecular formula is C8H12ClNO6S4. The number of thiophene rings is 1. The molecule has 0 aromatic carbocycles. The molecule has 12 heteroatoms. The Labute approximate surface area is 126 Å². The summed E-state index contributed by atoms with van der Waals surface area (Å²) in [7, 11) is -5.80. The van der Waals surface area contributed by atoms with Crippen molar-refractivity contribution in [1.29, 1.82) is 0 Å². The van der Waals surface area contributed by atoms with Gasteiger partial charge in [0, 0.05) is 28.4 Å². The minimum atomic E-state index is -3.83. The van der Waals surface area contributed by atoms with Gasteiger partial charge in [-0.15, -0.1) is 11.3 Å². The fourth-order valence-corrected chi connectivity index (χ4v) is 5.86. The highest BCUT2D eigenvalue weighted by Gasteiger charge is 2.16. The van der Waals surface area contributed by atoms with E-state index in [0.29, 0.717) is 4.88 Å². The molecule has 0 aliphatic heterocycles. The standard InChI is InChI=1S/C8H12ClNO6S4/c1-18(11,12)4-5-19(13,14)10-6-7-2-3-8(17-7)20(9,15)16/h2-3,10H,4-6H2,1H3. The van der Waals surface area contributed by atoms with Crippen molar-refractivity contribution >= 4 is 50.9 Å². The Balaban J connectivity index is 2.65. The Morgan fingerprint density at radius 3 is 2.15 bits per heavy atom. The molecule has 1 aromatic rings. The smallest absolute Gasteiger partial charge is 0.229 e. The molecule has 0 saturated heterocycles. The van der Waals surface area contributed by atoms with E-state index in [0.717, 1.165) is 17.6 Å². The summed E-state index contributed by atoms with van der Waals surface area (Å²) in [6, 6.07) is 2.70. The van der Waals surface area contributed by atoms with Gasteiger partial charge in [0.25, 0.3) is 9.05 Å². The first-order valence-electron chi connectivity index (χ1n) is 5.07. The van der Waals surface area contributed by atoms with E-state index in [1.165, 1.54) is 12.1 Å². The third-order valence-electron chi connectivity index (χ3n) is 2.07. The molecule has 0 aliphatic rings. The van der Waals surface area contributed by atoms with Gasteiger partial charge in [-0.1, -0.05) is 0 Å². The van der Waals surface area contributed by atoms with E-state index >= 15 is 0 Å². The minimum absolute atomic E-state index is 0.0792. The zero-order valence-corrected chi connectivity index (χ0v) is 14.3. The van der Waals surface area contributed by atoms with Gasteiger partial charge in [0.1, 0.15) is 14.0 Å². The lowest BCUT2D eigenvalue weighted by Crippen LogP contribution is -2.28. The van der Waals surface area contributed by atoms with Crippen LogP contribution >= 0.6 is 22.0 Å². The van der Waals surface area contributed by atoms with Crippen LogP contribution in [0, 0.1) is 0 Å². The molecule has 1 aromatic heterocycles. The van der Waals surface area contributed by atoms with Gasteiger partial charge < -0.3 is 0 Å². The maximum atomic E-state index is 11.5. The fraction of sp³-hybridized carbons (Fsp3) is 0.500. The predicted octanol–water partition coefficient (Wildman–Crippen LogP) is 0.140. The van der Waals surface area contributed by atoms with Crippen LogP contribution < -0.4 is 4.72 Å². The largest absolute Gasteiger partial charge is 0.270 e. The molecule has 0 fully saturated rings. The van der Waals surface area contributed by atoms with E-state index < -0.39 is 40.4 Å². The van der Waals surface area contributed by atoms with Crippen LogP contribution in [0.1, 0.15) is 4.88 Å². The van der Waals surface area contributed by atoms with E-state index in [2.05, 4.69) is 4.72 Å². The van der Waals surface area contributed by atoms with Gasteiger partial charge in [-0.05, 0) is 12.1 Å². The molecule has 1 N–H and O–H groups in total. The zero-order chi connectivity index (χ0) is 15.6. The molecule has 0 saturated carbocycles. The molecule has 116 valence electrons. The van der Waals surface area contributed by atoms with Crippen molar-refractivity contribution < 1.29 is 25.3 Å². The quantitative estimate of drug-likeness (QED) is 0.672. The third kappa shape index (κ3) is 6.50. The van der Waals surface area contributed by atoms with Gasteiger partial charge in [-0.3, -0.25) is 0 Å². The minimum Gasteiger partial charge on any atom is -0.229 e. The van der Waals surface area contributed by atoms with Crippen molar-refractivity contribution in [2.24, 2.45) is 0 Å². The monoisotopic (exact) mass is 381 g/mol. The van der Waals surface area contributed by atoms with Gasteiger partial charge >= 0.3 is 0 Å². The number of rotatable bonds is 7. The summed E-state index contributed by atoms with van der Waals surface area (Å²) in [5.74, 6) is -1.02. The summed E-state index contributed by atoms with van der Waals surface area (Å²) in [4.78, 5) is 0.451. The van der Waals surface area contributed by atoms with Crippen molar-refractivity contribution in [2.75, 3.05) is 17.8 Å². The lowest BCUT2D eigenvalue weighted by atomic mass is 10.5. The van der Waals surface area contributed by atoms with E-state index in [4.69, 9.17) is 10.7 Å². The molecule has 1 rings (SSSR count). The lowest BCUT2D eigenvalue weighted by Gasteiger charge is -2.04. The summed E-state index contributed by atoms with van der Waals surface area (Å²) < 4.78 is 69.0. The van der Waals surface area contributed by atoms with Crippen LogP contribution in [0.3, 0.4) is 0 Å². The van der Waals surface area contributed by atoms with Crippen molar-refractivity contribution in [1.82, 2.24) is 4.72 Å². The highest BCUT2D eigenvalue weighted by molar-refractivity contribution is 8.15. The van der Waals surface area contributed by atoms with Gasteiger partial charge in [0.15, 0.2) is 0 Å². The maximum Gasteiger partial charge on any atom is 0.270 e. The molecule has 0 atom stereocenters. The Kier molecular flexibility index (Phi) is 5.60. The second kappa shape index (κ2) is 6.28. The van der Waals surface area contributed by atoms with Crippen LogP contribution in [0.25, 0.3) is 0 Å². The van der Waals surface area contributed by atoms with Crippen molar-refractivity contribution in [3.63, 3.8) is 0 Å². The summed E-state index contributed by atoms with van der Waals surface area (Å²) in [6.07, 6.45) is 0.944.